The molecule has 0 heterocycles. The predicted molar refractivity (Wildman–Crippen MR) is 127 cm³/mol. The zero-order valence-corrected chi connectivity index (χ0v) is 20.2. The maximum atomic E-state index is 13.0. The summed E-state index contributed by atoms with van der Waals surface area (Å²) < 4.78 is 0. The maximum Gasteiger partial charge on any atom is 0.242 e. The first kappa shape index (κ1) is 24.9. The molecule has 4 nitrogen and oxygen atoms in total. The van der Waals surface area contributed by atoms with Crippen LogP contribution in [-0.4, -0.2) is 34.6 Å². The highest BCUT2D eigenvalue weighted by molar-refractivity contribution is 7.99. The number of nitrogens with one attached hydrogen (secondary N) is 1. The molecule has 0 saturated heterocycles. The molecular formula is C22H25Cl3N2O2S. The van der Waals surface area contributed by atoms with Crippen LogP contribution in [-0.2, 0) is 21.9 Å². The van der Waals surface area contributed by atoms with E-state index in [2.05, 4.69) is 5.32 Å². The highest BCUT2D eigenvalue weighted by Crippen LogP contribution is 2.25. The third kappa shape index (κ3) is 7.38. The van der Waals surface area contributed by atoms with Crippen LogP contribution in [0.5, 0.6) is 0 Å². The van der Waals surface area contributed by atoms with Gasteiger partial charge in [0, 0.05) is 23.4 Å². The van der Waals surface area contributed by atoms with E-state index < -0.39 is 6.04 Å². The first-order valence-corrected chi connectivity index (χ1v) is 11.8. The molecule has 0 spiro atoms. The van der Waals surface area contributed by atoms with E-state index in [1.165, 1.54) is 11.8 Å². The minimum atomic E-state index is -0.629. The molecule has 30 heavy (non-hydrogen) atoms. The van der Waals surface area contributed by atoms with Crippen LogP contribution in [0.3, 0.4) is 0 Å². The van der Waals surface area contributed by atoms with Crippen molar-refractivity contribution in [2.75, 3.05) is 5.75 Å². The summed E-state index contributed by atoms with van der Waals surface area (Å²) in [4.78, 5) is 27.2. The van der Waals surface area contributed by atoms with E-state index in [-0.39, 0.29) is 30.2 Å². The SMILES string of the molecule is CC(C)NC(=O)[C@H](C)N(Cc1ccc(Cl)c(Cl)c1)C(=O)CSCc1ccccc1Cl. The fraction of sp³-hybridized carbons (Fsp3) is 0.364. The minimum Gasteiger partial charge on any atom is -0.352 e. The third-order valence-corrected chi connectivity index (χ3v) is 6.45. The van der Waals surface area contributed by atoms with Gasteiger partial charge in [0.25, 0.3) is 0 Å². The predicted octanol–water partition coefficient (Wildman–Crippen LogP) is 5.82. The Labute approximate surface area is 197 Å². The molecule has 8 heteroatoms. The van der Waals surface area contributed by atoms with Crippen molar-refractivity contribution >= 4 is 58.4 Å². The van der Waals surface area contributed by atoms with Gasteiger partial charge in [-0.3, -0.25) is 9.59 Å². The summed E-state index contributed by atoms with van der Waals surface area (Å²) in [5, 5.41) is 4.40. The number of hydrogen-bond acceptors (Lipinski definition) is 3. The topological polar surface area (TPSA) is 49.4 Å². The Balaban J connectivity index is 2.12. The third-order valence-electron chi connectivity index (χ3n) is 4.38. The summed E-state index contributed by atoms with van der Waals surface area (Å²) >= 11 is 19.8. The molecule has 2 aromatic rings. The van der Waals surface area contributed by atoms with Crippen LogP contribution in [0.25, 0.3) is 0 Å². The Morgan fingerprint density at radius 2 is 1.70 bits per heavy atom. The van der Waals surface area contributed by atoms with Gasteiger partial charge in [-0.1, -0.05) is 59.1 Å². The van der Waals surface area contributed by atoms with Gasteiger partial charge in [-0.25, -0.2) is 0 Å². The Bertz CT molecular complexity index is 892. The van der Waals surface area contributed by atoms with E-state index in [9.17, 15) is 9.59 Å². The van der Waals surface area contributed by atoms with E-state index in [0.717, 1.165) is 11.1 Å². The van der Waals surface area contributed by atoms with Crippen LogP contribution in [0.2, 0.25) is 15.1 Å². The Morgan fingerprint density at radius 3 is 2.33 bits per heavy atom. The van der Waals surface area contributed by atoms with Crippen LogP contribution >= 0.6 is 46.6 Å². The molecule has 0 bridgehead atoms. The van der Waals surface area contributed by atoms with Crippen molar-refractivity contribution in [2.45, 2.75) is 45.2 Å². The van der Waals surface area contributed by atoms with E-state index in [4.69, 9.17) is 34.8 Å². The smallest absolute Gasteiger partial charge is 0.242 e. The molecule has 0 aliphatic carbocycles. The molecule has 162 valence electrons. The number of halogens is 3. The van der Waals surface area contributed by atoms with Gasteiger partial charge in [-0.05, 0) is 50.1 Å². The summed E-state index contributed by atoms with van der Waals surface area (Å²) in [5.74, 6) is 0.504. The zero-order chi connectivity index (χ0) is 22.3. The van der Waals surface area contributed by atoms with Crippen molar-refractivity contribution in [2.24, 2.45) is 0 Å². The average molecular weight is 488 g/mol. The number of amides is 2. The molecule has 0 radical (unpaired) electrons. The molecule has 1 atom stereocenters. The lowest BCUT2D eigenvalue weighted by Gasteiger charge is -2.29. The van der Waals surface area contributed by atoms with Crippen molar-refractivity contribution in [3.63, 3.8) is 0 Å². The maximum absolute atomic E-state index is 13.0. The monoisotopic (exact) mass is 486 g/mol. The molecule has 1 N–H and O–H groups in total. The van der Waals surface area contributed by atoms with Gasteiger partial charge in [0.15, 0.2) is 0 Å². The zero-order valence-electron chi connectivity index (χ0n) is 17.1. The first-order chi connectivity index (χ1) is 14.2. The van der Waals surface area contributed by atoms with Gasteiger partial charge in [0.1, 0.15) is 6.04 Å². The van der Waals surface area contributed by atoms with Gasteiger partial charge >= 0.3 is 0 Å². The number of hydrogen-bond donors (Lipinski definition) is 1. The molecule has 2 amide bonds. The second-order valence-corrected chi connectivity index (χ2v) is 9.40. The highest BCUT2D eigenvalue weighted by Gasteiger charge is 2.26. The number of rotatable bonds is 9. The second kappa shape index (κ2) is 11.8. The lowest BCUT2D eigenvalue weighted by Crippen LogP contribution is -2.49. The van der Waals surface area contributed by atoms with Gasteiger partial charge in [-0.2, -0.15) is 0 Å². The molecule has 0 aliphatic heterocycles. The van der Waals surface area contributed by atoms with E-state index in [1.807, 2.05) is 38.1 Å². The van der Waals surface area contributed by atoms with Gasteiger partial charge in [-0.15, -0.1) is 11.8 Å². The van der Waals surface area contributed by atoms with Crippen molar-refractivity contribution in [3.05, 3.63) is 68.7 Å². The van der Waals surface area contributed by atoms with Gasteiger partial charge in [0.2, 0.25) is 11.8 Å². The molecule has 0 aromatic heterocycles. The highest BCUT2D eigenvalue weighted by atomic mass is 35.5. The Morgan fingerprint density at radius 1 is 1.00 bits per heavy atom. The van der Waals surface area contributed by atoms with Crippen LogP contribution in [0.4, 0.5) is 0 Å². The standard InChI is InChI=1S/C22H25Cl3N2O2S/c1-14(2)26-22(29)15(3)27(11-16-8-9-19(24)20(25)10-16)21(28)13-30-12-17-6-4-5-7-18(17)23/h4-10,14-15H,11-13H2,1-3H3,(H,26,29)/t15-/m0/s1. The summed E-state index contributed by atoms with van der Waals surface area (Å²) in [5.41, 5.74) is 1.77. The summed E-state index contributed by atoms with van der Waals surface area (Å²) in [6.45, 7) is 5.76. The Kier molecular flexibility index (Phi) is 9.82. The number of nitrogens with zero attached hydrogens (tertiary/aromatic N) is 1. The lowest BCUT2D eigenvalue weighted by molar-refractivity contribution is -0.138. The second-order valence-electron chi connectivity index (χ2n) is 7.19. The molecule has 0 saturated carbocycles. The van der Waals surface area contributed by atoms with E-state index >= 15 is 0 Å². The summed E-state index contributed by atoms with van der Waals surface area (Å²) in [6.07, 6.45) is 0. The van der Waals surface area contributed by atoms with Crippen LogP contribution in [0.15, 0.2) is 42.5 Å². The molecule has 2 aromatic carbocycles. The first-order valence-electron chi connectivity index (χ1n) is 9.54. The van der Waals surface area contributed by atoms with Gasteiger partial charge < -0.3 is 10.2 Å². The molecule has 2 rings (SSSR count). The van der Waals surface area contributed by atoms with Crippen molar-refractivity contribution in [1.82, 2.24) is 10.2 Å². The number of carbonyl (C=O) groups is 2. The van der Waals surface area contributed by atoms with E-state index in [0.29, 0.717) is 20.8 Å². The fourth-order valence-electron chi connectivity index (χ4n) is 2.77. The Hall–Kier alpha value is -1.40. The van der Waals surface area contributed by atoms with Crippen molar-refractivity contribution < 1.29 is 9.59 Å². The van der Waals surface area contributed by atoms with E-state index in [1.54, 1.807) is 30.0 Å². The molecule has 0 aliphatic rings. The van der Waals surface area contributed by atoms with Crippen molar-refractivity contribution in [3.8, 4) is 0 Å². The van der Waals surface area contributed by atoms with Crippen LogP contribution in [0, 0.1) is 0 Å². The number of carbonyl (C=O) groups excluding carboxylic acids is 2. The minimum absolute atomic E-state index is 0.0172. The largest absolute Gasteiger partial charge is 0.352 e. The quantitative estimate of drug-likeness (QED) is 0.485. The van der Waals surface area contributed by atoms with Crippen LogP contribution in [0.1, 0.15) is 31.9 Å². The number of thioether (sulfide) groups is 1. The summed E-state index contributed by atoms with van der Waals surface area (Å²) in [6, 6.07) is 12.1. The molecule has 0 fully saturated rings. The van der Waals surface area contributed by atoms with Crippen LogP contribution < -0.4 is 5.32 Å². The lowest BCUT2D eigenvalue weighted by atomic mass is 10.1. The molecular weight excluding hydrogens is 463 g/mol. The van der Waals surface area contributed by atoms with Gasteiger partial charge in [0.05, 0.1) is 15.8 Å². The summed E-state index contributed by atoms with van der Waals surface area (Å²) in [7, 11) is 0. The fourth-order valence-corrected chi connectivity index (χ4v) is 4.29. The molecule has 0 unspecified atom stereocenters. The average Bonchev–Trinajstić information content (AvgIpc) is 2.69. The number of benzene rings is 2. The van der Waals surface area contributed by atoms with Crippen molar-refractivity contribution in [1.29, 1.82) is 0 Å². The normalized spacial score (nSPS) is 12.0.